The van der Waals surface area contributed by atoms with Crippen LogP contribution in [0.25, 0.3) is 0 Å². The van der Waals surface area contributed by atoms with E-state index < -0.39 is 39.3 Å². The Hall–Kier alpha value is -2.61. The number of hydrogen-bond donors (Lipinski definition) is 1. The molecule has 0 bridgehead atoms. The summed E-state index contributed by atoms with van der Waals surface area (Å²) in [5, 5.41) is 20.9. The molecular weight excluding hydrogens is 450 g/mol. The zero-order valence-electron chi connectivity index (χ0n) is 15.3. The van der Waals surface area contributed by atoms with E-state index in [0.29, 0.717) is 0 Å². The van der Waals surface area contributed by atoms with Crippen molar-refractivity contribution < 1.29 is 26.7 Å². The lowest BCUT2D eigenvalue weighted by Gasteiger charge is -2.01. The van der Waals surface area contributed by atoms with Crippen LogP contribution in [0.5, 0.6) is 0 Å². The van der Waals surface area contributed by atoms with Crippen molar-refractivity contribution in [1.82, 2.24) is 0 Å². The van der Waals surface area contributed by atoms with E-state index in [0.717, 1.165) is 12.1 Å². The molecule has 0 aliphatic rings. The predicted octanol–water partition coefficient (Wildman–Crippen LogP) is 2.49. The molecule has 29 heavy (non-hydrogen) atoms. The molecule has 0 amide bonds. The summed E-state index contributed by atoms with van der Waals surface area (Å²) < 4.78 is 44.5. The molecule has 0 unspecified atom stereocenters. The highest BCUT2D eigenvalue weighted by Gasteiger charge is 2.23. The fourth-order valence-corrected chi connectivity index (χ4v) is 3.92. The SMILES string of the molecule is CCS(=O)(=O)c1ccccc1[N+](=O)[O-].CN.O=[N+]([O-])c1ccccc1S(=O)(=O)Cl. The minimum absolute atomic E-state index is 0.141. The summed E-state index contributed by atoms with van der Waals surface area (Å²) in [5.41, 5.74) is 3.62. The topological polar surface area (TPSA) is 181 Å². The molecule has 0 aliphatic carbocycles. The standard InChI is InChI=1S/C8H9NO4S.C6H4ClNO4S.CH5N/c1-2-14(12,13)8-6-4-3-5-7(8)9(10)11;7-13(11,12)6-4-2-1-3-5(6)8(9)10;1-2/h3-6H,2H2,1H3;1-4H;2H2,1H3. The fourth-order valence-electron chi connectivity index (χ4n) is 1.84. The van der Waals surface area contributed by atoms with Crippen LogP contribution in [0.4, 0.5) is 11.4 Å². The Morgan fingerprint density at radius 1 is 0.828 bits per heavy atom. The second-order valence-corrected chi connectivity index (χ2v) is 9.57. The summed E-state index contributed by atoms with van der Waals surface area (Å²) in [4.78, 5) is 18.7. The number of para-hydroxylation sites is 2. The first-order valence-corrected chi connectivity index (χ1v) is 11.6. The van der Waals surface area contributed by atoms with Gasteiger partial charge in [0.05, 0.1) is 15.6 Å². The molecule has 0 radical (unpaired) electrons. The second-order valence-electron chi connectivity index (χ2n) is 4.79. The number of sulfone groups is 1. The van der Waals surface area contributed by atoms with Gasteiger partial charge in [0.2, 0.25) is 0 Å². The van der Waals surface area contributed by atoms with Crippen LogP contribution >= 0.6 is 10.7 Å². The fraction of sp³-hybridized carbons (Fsp3) is 0.200. The highest BCUT2D eigenvalue weighted by atomic mass is 35.7. The van der Waals surface area contributed by atoms with Gasteiger partial charge in [0, 0.05) is 22.8 Å². The Kier molecular flexibility index (Phi) is 10.4. The van der Waals surface area contributed by atoms with Gasteiger partial charge in [-0.25, -0.2) is 16.8 Å². The van der Waals surface area contributed by atoms with Crippen LogP contribution in [0, 0.1) is 20.2 Å². The van der Waals surface area contributed by atoms with Crippen LogP contribution in [-0.4, -0.2) is 39.5 Å². The van der Waals surface area contributed by atoms with Crippen LogP contribution in [0.2, 0.25) is 0 Å². The van der Waals surface area contributed by atoms with Crippen molar-refractivity contribution in [2.75, 3.05) is 12.8 Å². The van der Waals surface area contributed by atoms with Crippen molar-refractivity contribution in [1.29, 1.82) is 0 Å². The Balaban J connectivity index is 0.000000499. The van der Waals surface area contributed by atoms with Gasteiger partial charge in [-0.1, -0.05) is 31.2 Å². The first kappa shape index (κ1) is 26.4. The maximum absolute atomic E-state index is 11.4. The number of benzene rings is 2. The van der Waals surface area contributed by atoms with E-state index >= 15 is 0 Å². The highest BCUT2D eigenvalue weighted by Crippen LogP contribution is 2.25. The average molecular weight is 468 g/mol. The minimum atomic E-state index is -4.05. The van der Waals surface area contributed by atoms with Crippen LogP contribution < -0.4 is 5.73 Å². The Bertz CT molecular complexity index is 1070. The number of hydrogen-bond acceptors (Lipinski definition) is 9. The lowest BCUT2D eigenvalue weighted by Crippen LogP contribution is -2.06. The molecular formula is C15H18ClN3O8S2. The predicted molar refractivity (Wildman–Crippen MR) is 107 cm³/mol. The molecule has 2 N–H and O–H groups in total. The van der Waals surface area contributed by atoms with Crippen molar-refractivity contribution in [2.45, 2.75) is 16.7 Å². The summed E-state index contributed by atoms with van der Waals surface area (Å²) in [6.07, 6.45) is 0. The quantitative estimate of drug-likeness (QED) is 0.392. The summed E-state index contributed by atoms with van der Waals surface area (Å²) in [6.45, 7) is 1.45. The van der Waals surface area contributed by atoms with Crippen molar-refractivity contribution in [3.63, 3.8) is 0 Å². The van der Waals surface area contributed by atoms with E-state index in [1.165, 1.54) is 50.4 Å². The van der Waals surface area contributed by atoms with E-state index in [-0.39, 0.29) is 16.3 Å². The smallest absolute Gasteiger partial charge is 0.289 e. The third kappa shape index (κ3) is 7.73. The largest absolute Gasteiger partial charge is 0.333 e. The van der Waals surface area contributed by atoms with Gasteiger partial charge in [-0.15, -0.1) is 0 Å². The van der Waals surface area contributed by atoms with Gasteiger partial charge in [-0.2, -0.15) is 0 Å². The molecule has 0 fully saturated rings. The number of nitrogens with two attached hydrogens (primary N) is 1. The van der Waals surface area contributed by atoms with E-state index in [1.807, 2.05) is 0 Å². The van der Waals surface area contributed by atoms with Crippen LogP contribution in [0.1, 0.15) is 6.92 Å². The van der Waals surface area contributed by atoms with Gasteiger partial charge in [0.25, 0.3) is 20.4 Å². The van der Waals surface area contributed by atoms with E-state index in [9.17, 15) is 37.1 Å². The summed E-state index contributed by atoms with van der Waals surface area (Å²) in [7, 11) is -1.09. The summed E-state index contributed by atoms with van der Waals surface area (Å²) in [6, 6.07) is 10.2. The molecule has 2 rings (SSSR count). The van der Waals surface area contributed by atoms with Gasteiger partial charge in [-0.05, 0) is 19.2 Å². The Morgan fingerprint density at radius 3 is 1.48 bits per heavy atom. The number of nitro groups is 2. The number of rotatable bonds is 5. The van der Waals surface area contributed by atoms with Gasteiger partial charge >= 0.3 is 0 Å². The molecule has 0 saturated carbocycles. The van der Waals surface area contributed by atoms with Crippen molar-refractivity contribution >= 4 is 40.9 Å². The Morgan fingerprint density at radius 2 is 1.17 bits per heavy atom. The van der Waals surface area contributed by atoms with Crippen molar-refractivity contribution in [3.05, 3.63) is 68.8 Å². The first-order chi connectivity index (χ1) is 13.4. The van der Waals surface area contributed by atoms with Gasteiger partial charge in [-0.3, -0.25) is 20.2 Å². The van der Waals surface area contributed by atoms with E-state index in [4.69, 9.17) is 10.7 Å². The maximum atomic E-state index is 11.4. The molecule has 0 heterocycles. The molecule has 0 spiro atoms. The zero-order valence-corrected chi connectivity index (χ0v) is 17.6. The van der Waals surface area contributed by atoms with Crippen molar-refractivity contribution in [2.24, 2.45) is 5.73 Å². The molecule has 11 nitrogen and oxygen atoms in total. The lowest BCUT2D eigenvalue weighted by molar-refractivity contribution is -0.388. The van der Waals surface area contributed by atoms with Crippen LogP contribution in [0.15, 0.2) is 58.3 Å². The summed E-state index contributed by atoms with van der Waals surface area (Å²) >= 11 is 0. The molecule has 0 aromatic heterocycles. The second kappa shape index (κ2) is 11.4. The Labute approximate surface area is 171 Å². The first-order valence-electron chi connectivity index (χ1n) is 7.63. The number of halogens is 1. The maximum Gasteiger partial charge on any atom is 0.289 e. The van der Waals surface area contributed by atoms with Crippen LogP contribution in [-0.2, 0) is 18.9 Å². The van der Waals surface area contributed by atoms with E-state index in [2.05, 4.69) is 5.73 Å². The molecule has 0 saturated heterocycles. The van der Waals surface area contributed by atoms with Crippen LogP contribution in [0.3, 0.4) is 0 Å². The minimum Gasteiger partial charge on any atom is -0.333 e. The molecule has 14 heteroatoms. The molecule has 0 atom stereocenters. The van der Waals surface area contributed by atoms with Gasteiger partial charge in [0.15, 0.2) is 14.7 Å². The molecule has 2 aromatic carbocycles. The molecule has 2 aromatic rings. The molecule has 160 valence electrons. The zero-order chi connectivity index (χ0) is 22.8. The monoisotopic (exact) mass is 467 g/mol. The van der Waals surface area contributed by atoms with Crippen molar-refractivity contribution in [3.8, 4) is 0 Å². The summed E-state index contributed by atoms with van der Waals surface area (Å²) in [5.74, 6) is -0.141. The third-order valence-corrected chi connectivity index (χ3v) is 6.25. The number of nitrogens with zero attached hydrogens (tertiary/aromatic N) is 2. The number of nitro benzene ring substituents is 2. The van der Waals surface area contributed by atoms with Gasteiger partial charge in [0.1, 0.15) is 4.90 Å². The van der Waals surface area contributed by atoms with E-state index in [1.54, 1.807) is 0 Å². The lowest BCUT2D eigenvalue weighted by atomic mass is 10.3. The third-order valence-electron chi connectivity index (χ3n) is 3.10. The molecule has 0 aliphatic heterocycles. The normalized spacial score (nSPS) is 10.6. The van der Waals surface area contributed by atoms with Gasteiger partial charge < -0.3 is 5.73 Å². The average Bonchev–Trinajstić information content (AvgIpc) is 2.69. The highest BCUT2D eigenvalue weighted by molar-refractivity contribution is 8.13.